The molecule has 0 heterocycles. The van der Waals surface area contributed by atoms with Gasteiger partial charge in [0.2, 0.25) is 11.8 Å². The third kappa shape index (κ3) is 36.9. The van der Waals surface area contributed by atoms with E-state index in [2.05, 4.69) is 146 Å². The number of hydrogen-bond donors (Lipinski definition) is 3. The second kappa shape index (κ2) is 38.6. The van der Waals surface area contributed by atoms with Crippen LogP contribution in [0.15, 0.2) is 122 Å². The van der Waals surface area contributed by atoms with Crippen LogP contribution in [0.5, 0.6) is 0 Å². The molecule has 0 saturated carbocycles. The van der Waals surface area contributed by atoms with Crippen LogP contribution in [0.25, 0.3) is 0 Å². The first-order valence-corrected chi connectivity index (χ1v) is 19.3. The molecule has 0 rings (SSSR count). The van der Waals surface area contributed by atoms with Gasteiger partial charge in [0.1, 0.15) is 6.04 Å². The van der Waals surface area contributed by atoms with Gasteiger partial charge in [-0.2, -0.15) is 0 Å². The van der Waals surface area contributed by atoms with E-state index in [1.54, 1.807) is 0 Å². The van der Waals surface area contributed by atoms with Gasteiger partial charge in [-0.1, -0.05) is 135 Å². The maximum absolute atomic E-state index is 12.3. The van der Waals surface area contributed by atoms with Crippen LogP contribution >= 0.6 is 0 Å². The lowest BCUT2D eigenvalue weighted by Gasteiger charge is -2.14. The van der Waals surface area contributed by atoms with Crippen LogP contribution in [0.3, 0.4) is 0 Å². The molecule has 6 heteroatoms. The van der Waals surface area contributed by atoms with Gasteiger partial charge < -0.3 is 15.7 Å². The summed E-state index contributed by atoms with van der Waals surface area (Å²) < 4.78 is 0. The van der Waals surface area contributed by atoms with Crippen LogP contribution in [0, 0.1) is 0 Å². The number of nitrogens with one attached hydrogen (secondary N) is 2. The monoisotopic (exact) mass is 701 g/mol. The fraction of sp³-hybridized carbons (Fsp3) is 0.489. The van der Waals surface area contributed by atoms with E-state index in [1.807, 2.05) is 0 Å². The Hall–Kier alpha value is -4.19. The van der Waals surface area contributed by atoms with E-state index >= 15 is 0 Å². The molecular formula is C45H68N2O4. The Balaban J connectivity index is 3.89. The van der Waals surface area contributed by atoms with E-state index in [1.165, 1.54) is 0 Å². The first kappa shape index (κ1) is 46.8. The normalized spacial score (nSPS) is 13.5. The Morgan fingerprint density at radius 1 is 0.471 bits per heavy atom. The maximum Gasteiger partial charge on any atom is 0.326 e. The number of allylic oxidation sites excluding steroid dienone is 20. The number of unbranched alkanes of at least 4 members (excludes halogenated alkanes) is 2. The molecule has 0 aromatic carbocycles. The topological polar surface area (TPSA) is 95.5 Å². The summed E-state index contributed by atoms with van der Waals surface area (Å²) in [6.07, 6.45) is 57.4. The van der Waals surface area contributed by atoms with Gasteiger partial charge in [-0.25, -0.2) is 4.79 Å². The largest absolute Gasteiger partial charge is 0.480 e. The molecule has 0 bridgehead atoms. The lowest BCUT2D eigenvalue weighted by Crippen LogP contribution is -2.41. The van der Waals surface area contributed by atoms with Crippen molar-refractivity contribution in [1.29, 1.82) is 0 Å². The number of carbonyl (C=O) groups is 3. The smallest absolute Gasteiger partial charge is 0.326 e. The van der Waals surface area contributed by atoms with Crippen molar-refractivity contribution in [3.8, 4) is 0 Å². The average molecular weight is 701 g/mol. The molecule has 0 aromatic rings. The molecule has 0 aliphatic heterocycles. The van der Waals surface area contributed by atoms with Crippen molar-refractivity contribution in [2.75, 3.05) is 6.54 Å². The average Bonchev–Trinajstić information content (AvgIpc) is 3.12. The molecule has 0 fully saturated rings. The Morgan fingerprint density at radius 3 is 1.16 bits per heavy atom. The lowest BCUT2D eigenvalue weighted by atomic mass is 10.1. The van der Waals surface area contributed by atoms with Crippen molar-refractivity contribution in [3.63, 3.8) is 0 Å². The van der Waals surface area contributed by atoms with Crippen molar-refractivity contribution in [3.05, 3.63) is 122 Å². The molecule has 3 N–H and O–H groups in total. The number of aliphatic carboxylic acids is 1. The van der Waals surface area contributed by atoms with Gasteiger partial charge in [0, 0.05) is 19.4 Å². The summed E-state index contributed by atoms with van der Waals surface area (Å²) in [4.78, 5) is 36.1. The van der Waals surface area contributed by atoms with Crippen LogP contribution in [0.4, 0.5) is 0 Å². The second-order valence-electron chi connectivity index (χ2n) is 12.2. The van der Waals surface area contributed by atoms with Gasteiger partial charge in [-0.3, -0.25) is 9.59 Å². The first-order chi connectivity index (χ1) is 25.0. The predicted octanol–water partition coefficient (Wildman–Crippen LogP) is 11.3. The van der Waals surface area contributed by atoms with Crippen LogP contribution < -0.4 is 10.6 Å². The fourth-order valence-corrected chi connectivity index (χ4v) is 4.64. The summed E-state index contributed by atoms with van der Waals surface area (Å²) in [7, 11) is 0. The molecule has 51 heavy (non-hydrogen) atoms. The van der Waals surface area contributed by atoms with E-state index < -0.39 is 12.0 Å². The highest BCUT2D eigenvalue weighted by atomic mass is 16.4. The minimum Gasteiger partial charge on any atom is -0.480 e. The Bertz CT molecular complexity index is 1180. The second-order valence-corrected chi connectivity index (χ2v) is 12.2. The molecule has 0 unspecified atom stereocenters. The minimum atomic E-state index is -1.05. The number of rotatable bonds is 32. The van der Waals surface area contributed by atoms with E-state index in [0.717, 1.165) is 83.5 Å². The van der Waals surface area contributed by atoms with Gasteiger partial charge in [-0.15, -0.1) is 0 Å². The van der Waals surface area contributed by atoms with Gasteiger partial charge in [0.15, 0.2) is 0 Å². The van der Waals surface area contributed by atoms with Crippen LogP contribution in [0.1, 0.15) is 129 Å². The highest BCUT2D eigenvalue weighted by Crippen LogP contribution is 2.04. The van der Waals surface area contributed by atoms with Crippen molar-refractivity contribution in [1.82, 2.24) is 10.6 Å². The van der Waals surface area contributed by atoms with Crippen LogP contribution in [-0.2, 0) is 14.4 Å². The predicted molar refractivity (Wildman–Crippen MR) is 218 cm³/mol. The highest BCUT2D eigenvalue weighted by molar-refractivity contribution is 5.83. The fourth-order valence-electron chi connectivity index (χ4n) is 4.64. The summed E-state index contributed by atoms with van der Waals surface area (Å²) in [6.45, 7) is 4.67. The van der Waals surface area contributed by atoms with Crippen molar-refractivity contribution in [2.24, 2.45) is 0 Å². The Kier molecular flexibility index (Phi) is 35.4. The summed E-state index contributed by atoms with van der Waals surface area (Å²) in [5.74, 6) is -1.34. The number of carbonyl (C=O) groups excluding carboxylic acids is 2. The maximum atomic E-state index is 12.3. The molecule has 0 radical (unpaired) electrons. The standard InChI is InChI=1S/C45H68N2O4/c1-3-5-7-9-11-13-15-17-19-21-23-25-27-29-31-33-35-39-43(48)46-41-37-38-42(45(50)51)47-44(49)40-36-34-32-30-28-26-24-22-20-18-16-14-12-10-8-6-4-2/h5-8,11-14,17-20,23-26,29-32,42H,3-4,9-10,15-16,21-22,27-28,33-41H2,1-2H3,(H,46,48)(H,47,49)(H,50,51)/t42-/m0/s1. The van der Waals surface area contributed by atoms with Crippen molar-refractivity contribution < 1.29 is 19.5 Å². The van der Waals surface area contributed by atoms with Gasteiger partial charge in [-0.05, 0) is 103 Å². The summed E-state index contributed by atoms with van der Waals surface area (Å²) >= 11 is 0. The first-order valence-electron chi connectivity index (χ1n) is 19.3. The number of carboxylic acid groups (broad SMARTS) is 1. The molecule has 1 atom stereocenters. The van der Waals surface area contributed by atoms with Gasteiger partial charge in [0.05, 0.1) is 0 Å². The van der Waals surface area contributed by atoms with Crippen LogP contribution in [-0.4, -0.2) is 35.5 Å². The molecular weight excluding hydrogens is 633 g/mol. The molecule has 2 amide bonds. The summed E-state index contributed by atoms with van der Waals surface area (Å²) in [6, 6.07) is -0.946. The number of carboxylic acids is 1. The third-order valence-corrected chi connectivity index (χ3v) is 7.49. The van der Waals surface area contributed by atoms with E-state index in [0.29, 0.717) is 25.8 Å². The zero-order valence-corrected chi connectivity index (χ0v) is 31.7. The molecule has 0 aliphatic rings. The number of hydrogen-bond acceptors (Lipinski definition) is 3. The number of amides is 2. The minimum absolute atomic E-state index is 0.0340. The van der Waals surface area contributed by atoms with Crippen molar-refractivity contribution >= 4 is 17.8 Å². The van der Waals surface area contributed by atoms with Gasteiger partial charge >= 0.3 is 5.97 Å². The summed E-state index contributed by atoms with van der Waals surface area (Å²) in [5, 5.41) is 15.0. The molecule has 0 spiro atoms. The SMILES string of the molecule is CCC=CCC=CCC=CCC=CCC=CCCCC(=O)NCCC[C@H](NC(=O)CCCC=CCC=CCC=CCC=CCC=CCC)C(=O)O. The van der Waals surface area contributed by atoms with Crippen LogP contribution in [0.2, 0.25) is 0 Å². The third-order valence-electron chi connectivity index (χ3n) is 7.49. The zero-order valence-electron chi connectivity index (χ0n) is 31.7. The van der Waals surface area contributed by atoms with E-state index in [4.69, 9.17) is 0 Å². The molecule has 0 aliphatic carbocycles. The van der Waals surface area contributed by atoms with Crippen molar-refractivity contribution in [2.45, 2.75) is 135 Å². The quantitative estimate of drug-likeness (QED) is 0.0481. The molecule has 0 saturated heterocycles. The lowest BCUT2D eigenvalue weighted by molar-refractivity contribution is -0.142. The molecule has 0 aromatic heterocycles. The van der Waals surface area contributed by atoms with E-state index in [9.17, 15) is 19.5 Å². The van der Waals surface area contributed by atoms with E-state index in [-0.39, 0.29) is 24.7 Å². The van der Waals surface area contributed by atoms with Gasteiger partial charge in [0.25, 0.3) is 0 Å². The molecule has 282 valence electrons. The zero-order chi connectivity index (χ0) is 37.3. The highest BCUT2D eigenvalue weighted by Gasteiger charge is 2.19. The Labute approximate surface area is 310 Å². The molecule has 6 nitrogen and oxygen atoms in total. The summed E-state index contributed by atoms with van der Waals surface area (Å²) in [5.41, 5.74) is 0. The Morgan fingerprint density at radius 2 is 0.804 bits per heavy atom.